The zero-order valence-electron chi connectivity index (χ0n) is 11.9. The van der Waals surface area contributed by atoms with Crippen molar-refractivity contribution in [3.05, 3.63) is 57.7 Å². The van der Waals surface area contributed by atoms with Gasteiger partial charge >= 0.3 is 0 Å². The number of nitrogen functional groups attached to an aromatic ring is 1. The maximum atomic E-state index is 6.11. The maximum absolute atomic E-state index is 6.11. The van der Waals surface area contributed by atoms with E-state index in [1.165, 1.54) is 0 Å². The highest BCUT2D eigenvalue weighted by Gasteiger charge is 2.14. The molecule has 5 heteroatoms. The highest BCUT2D eigenvalue weighted by Crippen LogP contribution is 2.26. The molecule has 112 valence electrons. The standard InChI is InChI=1S/C16H19Cl2N3/c1-2-5-20-15(9-11-4-3-6-21-16(11)19)12-7-13(17)10-14(18)8-12/h3-4,6-8,10,15,20H,2,5,9H2,1H3,(H2,19,21). The third kappa shape index (κ3) is 4.60. The van der Waals surface area contributed by atoms with Crippen molar-refractivity contribution in [3.63, 3.8) is 0 Å². The van der Waals surface area contributed by atoms with E-state index in [1.807, 2.05) is 24.3 Å². The van der Waals surface area contributed by atoms with Crippen LogP contribution < -0.4 is 11.1 Å². The SMILES string of the molecule is CCCNC(Cc1cccnc1N)c1cc(Cl)cc(Cl)c1. The van der Waals surface area contributed by atoms with Gasteiger partial charge in [0.25, 0.3) is 0 Å². The van der Waals surface area contributed by atoms with Crippen LogP contribution in [0.1, 0.15) is 30.5 Å². The second kappa shape index (κ2) is 7.64. The molecule has 0 saturated carbocycles. The van der Waals surface area contributed by atoms with Crippen molar-refractivity contribution in [2.24, 2.45) is 0 Å². The third-order valence-electron chi connectivity index (χ3n) is 3.28. The minimum Gasteiger partial charge on any atom is -0.383 e. The Kier molecular flexibility index (Phi) is 5.85. The van der Waals surface area contributed by atoms with Crippen molar-refractivity contribution in [1.82, 2.24) is 10.3 Å². The lowest BCUT2D eigenvalue weighted by atomic mass is 9.99. The molecule has 0 aliphatic rings. The second-order valence-electron chi connectivity index (χ2n) is 4.96. The Balaban J connectivity index is 2.27. The van der Waals surface area contributed by atoms with Crippen LogP contribution in [0.25, 0.3) is 0 Å². The van der Waals surface area contributed by atoms with Crippen LogP contribution in [0, 0.1) is 0 Å². The summed E-state index contributed by atoms with van der Waals surface area (Å²) >= 11 is 12.2. The molecule has 1 atom stereocenters. The number of nitrogens with one attached hydrogen (secondary N) is 1. The van der Waals surface area contributed by atoms with Crippen LogP contribution in [-0.4, -0.2) is 11.5 Å². The summed E-state index contributed by atoms with van der Waals surface area (Å²) in [4.78, 5) is 4.14. The second-order valence-corrected chi connectivity index (χ2v) is 5.83. The normalized spacial score (nSPS) is 12.3. The van der Waals surface area contributed by atoms with Gasteiger partial charge in [0.1, 0.15) is 5.82 Å². The van der Waals surface area contributed by atoms with Gasteiger partial charge in [0.15, 0.2) is 0 Å². The molecule has 0 aliphatic carbocycles. The van der Waals surface area contributed by atoms with Gasteiger partial charge in [-0.1, -0.05) is 36.2 Å². The number of nitrogens with zero attached hydrogens (tertiary/aromatic N) is 1. The van der Waals surface area contributed by atoms with Crippen LogP contribution >= 0.6 is 23.2 Å². The van der Waals surface area contributed by atoms with E-state index in [2.05, 4.69) is 17.2 Å². The summed E-state index contributed by atoms with van der Waals surface area (Å²) in [5, 5.41) is 4.79. The smallest absolute Gasteiger partial charge is 0.126 e. The zero-order valence-corrected chi connectivity index (χ0v) is 13.5. The first-order valence-corrected chi connectivity index (χ1v) is 7.74. The molecule has 0 spiro atoms. The average Bonchev–Trinajstić information content (AvgIpc) is 2.44. The van der Waals surface area contributed by atoms with Gasteiger partial charge in [-0.05, 0) is 54.8 Å². The van der Waals surface area contributed by atoms with Gasteiger partial charge in [-0.25, -0.2) is 4.98 Å². The topological polar surface area (TPSA) is 50.9 Å². The fourth-order valence-corrected chi connectivity index (χ4v) is 2.79. The van der Waals surface area contributed by atoms with Crippen molar-refractivity contribution < 1.29 is 0 Å². The maximum Gasteiger partial charge on any atom is 0.126 e. The molecular formula is C16H19Cl2N3. The molecule has 0 saturated heterocycles. The van der Waals surface area contributed by atoms with Crippen molar-refractivity contribution in [1.29, 1.82) is 0 Å². The molecule has 1 heterocycles. The van der Waals surface area contributed by atoms with Crippen LogP contribution in [-0.2, 0) is 6.42 Å². The Hall–Kier alpha value is -1.29. The van der Waals surface area contributed by atoms with E-state index >= 15 is 0 Å². The quantitative estimate of drug-likeness (QED) is 0.835. The molecule has 0 fully saturated rings. The van der Waals surface area contributed by atoms with Crippen molar-refractivity contribution in [2.75, 3.05) is 12.3 Å². The lowest BCUT2D eigenvalue weighted by molar-refractivity contribution is 0.529. The van der Waals surface area contributed by atoms with Gasteiger partial charge < -0.3 is 11.1 Å². The summed E-state index contributed by atoms with van der Waals surface area (Å²) in [6.07, 6.45) is 3.49. The summed E-state index contributed by atoms with van der Waals surface area (Å²) in [7, 11) is 0. The van der Waals surface area contributed by atoms with Gasteiger partial charge in [-0.2, -0.15) is 0 Å². The van der Waals surface area contributed by atoms with Crippen LogP contribution in [0.4, 0.5) is 5.82 Å². The summed E-state index contributed by atoms with van der Waals surface area (Å²) in [6.45, 7) is 3.04. The molecule has 0 bridgehead atoms. The summed E-state index contributed by atoms with van der Waals surface area (Å²) in [6, 6.07) is 9.61. The lowest BCUT2D eigenvalue weighted by Gasteiger charge is -2.20. The number of aromatic nitrogens is 1. The van der Waals surface area contributed by atoms with E-state index in [0.717, 1.165) is 30.5 Å². The monoisotopic (exact) mass is 323 g/mol. The highest BCUT2D eigenvalue weighted by atomic mass is 35.5. The number of halogens is 2. The van der Waals surface area contributed by atoms with E-state index in [9.17, 15) is 0 Å². The number of benzene rings is 1. The lowest BCUT2D eigenvalue weighted by Crippen LogP contribution is -2.24. The number of rotatable bonds is 6. The molecule has 2 aromatic rings. The van der Waals surface area contributed by atoms with E-state index < -0.39 is 0 Å². The predicted molar refractivity (Wildman–Crippen MR) is 89.9 cm³/mol. The van der Waals surface area contributed by atoms with Gasteiger partial charge in [0.2, 0.25) is 0 Å². The molecule has 0 aliphatic heterocycles. The Bertz CT molecular complexity index is 582. The molecular weight excluding hydrogens is 305 g/mol. The van der Waals surface area contributed by atoms with Crippen LogP contribution in [0.5, 0.6) is 0 Å². The van der Waals surface area contributed by atoms with Gasteiger partial charge in [0, 0.05) is 22.3 Å². The van der Waals surface area contributed by atoms with Crippen LogP contribution in [0.3, 0.4) is 0 Å². The van der Waals surface area contributed by atoms with Crippen molar-refractivity contribution in [3.8, 4) is 0 Å². The molecule has 21 heavy (non-hydrogen) atoms. The molecule has 1 aromatic heterocycles. The number of anilines is 1. The first-order valence-electron chi connectivity index (χ1n) is 6.99. The minimum atomic E-state index is 0.104. The molecule has 3 nitrogen and oxygen atoms in total. The number of nitrogens with two attached hydrogens (primary N) is 1. The van der Waals surface area contributed by atoms with Crippen LogP contribution in [0.2, 0.25) is 10.0 Å². The summed E-state index contributed by atoms with van der Waals surface area (Å²) < 4.78 is 0. The largest absolute Gasteiger partial charge is 0.383 e. The Morgan fingerprint density at radius 1 is 1.24 bits per heavy atom. The minimum absolute atomic E-state index is 0.104. The third-order valence-corrected chi connectivity index (χ3v) is 3.71. The number of hydrogen-bond donors (Lipinski definition) is 2. The first-order chi connectivity index (χ1) is 10.1. The highest BCUT2D eigenvalue weighted by molar-refractivity contribution is 6.34. The molecule has 2 rings (SSSR count). The van der Waals surface area contributed by atoms with Gasteiger partial charge in [-0.3, -0.25) is 0 Å². The van der Waals surface area contributed by atoms with Gasteiger partial charge in [-0.15, -0.1) is 0 Å². The van der Waals surface area contributed by atoms with E-state index in [1.54, 1.807) is 12.3 Å². The van der Waals surface area contributed by atoms with Gasteiger partial charge in [0.05, 0.1) is 0 Å². The fraction of sp³-hybridized carbons (Fsp3) is 0.312. The Morgan fingerprint density at radius 3 is 2.57 bits per heavy atom. The molecule has 0 radical (unpaired) electrons. The number of hydrogen-bond acceptors (Lipinski definition) is 3. The molecule has 1 unspecified atom stereocenters. The van der Waals surface area contributed by atoms with Crippen molar-refractivity contribution >= 4 is 29.0 Å². The predicted octanol–water partition coefficient (Wildman–Crippen LogP) is 4.25. The average molecular weight is 324 g/mol. The molecule has 3 N–H and O–H groups in total. The van der Waals surface area contributed by atoms with E-state index in [-0.39, 0.29) is 6.04 Å². The number of pyridine rings is 1. The Labute approximate surface area is 135 Å². The van der Waals surface area contributed by atoms with Crippen LogP contribution in [0.15, 0.2) is 36.5 Å². The summed E-state index contributed by atoms with van der Waals surface area (Å²) in [5.74, 6) is 0.564. The first kappa shape index (κ1) is 16.1. The fourth-order valence-electron chi connectivity index (χ4n) is 2.25. The molecule has 1 aromatic carbocycles. The van der Waals surface area contributed by atoms with Crippen molar-refractivity contribution in [2.45, 2.75) is 25.8 Å². The van der Waals surface area contributed by atoms with E-state index in [0.29, 0.717) is 15.9 Å². The summed E-state index contributed by atoms with van der Waals surface area (Å²) in [5.41, 5.74) is 8.02. The molecule has 0 amide bonds. The Morgan fingerprint density at radius 2 is 1.95 bits per heavy atom. The zero-order chi connectivity index (χ0) is 15.2. The van der Waals surface area contributed by atoms with E-state index in [4.69, 9.17) is 28.9 Å².